The standard InChI is InChI=1S/C12H20N4O2S/c1-3-10-4-6-11(7-5-10)16-12(13)14-8-9-15-19(2,17)18/h4-7,15H,3,8-9H2,1-2H3,(H3,13,14,16). The van der Waals surface area contributed by atoms with E-state index in [1.54, 1.807) is 0 Å². The van der Waals surface area contributed by atoms with E-state index < -0.39 is 10.0 Å². The molecular weight excluding hydrogens is 264 g/mol. The van der Waals surface area contributed by atoms with Gasteiger partial charge in [0.1, 0.15) is 0 Å². The Hall–Kier alpha value is -1.60. The van der Waals surface area contributed by atoms with Gasteiger partial charge in [0.25, 0.3) is 0 Å². The summed E-state index contributed by atoms with van der Waals surface area (Å²) in [5.41, 5.74) is 7.79. The van der Waals surface area contributed by atoms with Gasteiger partial charge in [-0.25, -0.2) is 13.1 Å². The molecule has 0 unspecified atom stereocenters. The van der Waals surface area contributed by atoms with Crippen LogP contribution in [0.2, 0.25) is 0 Å². The first kappa shape index (κ1) is 15.5. The predicted octanol–water partition coefficient (Wildman–Crippen LogP) is 0.525. The number of benzene rings is 1. The van der Waals surface area contributed by atoms with Crippen molar-refractivity contribution in [1.82, 2.24) is 4.72 Å². The zero-order chi connectivity index (χ0) is 14.3. The van der Waals surface area contributed by atoms with Gasteiger partial charge in [-0.1, -0.05) is 19.1 Å². The SMILES string of the molecule is CCc1ccc(NC(N)=NCCNS(C)(=O)=O)cc1. The van der Waals surface area contributed by atoms with E-state index in [1.165, 1.54) is 5.56 Å². The van der Waals surface area contributed by atoms with Crippen LogP contribution in [0.5, 0.6) is 0 Å². The lowest BCUT2D eigenvalue weighted by molar-refractivity contribution is 0.588. The largest absolute Gasteiger partial charge is 0.370 e. The van der Waals surface area contributed by atoms with Crippen molar-refractivity contribution in [1.29, 1.82) is 0 Å². The van der Waals surface area contributed by atoms with Gasteiger partial charge in [0.2, 0.25) is 10.0 Å². The van der Waals surface area contributed by atoms with E-state index in [2.05, 4.69) is 22.0 Å². The number of anilines is 1. The molecule has 0 radical (unpaired) electrons. The van der Waals surface area contributed by atoms with Crippen LogP contribution in [0.15, 0.2) is 29.3 Å². The first-order valence-electron chi connectivity index (χ1n) is 6.01. The molecule has 0 bridgehead atoms. The lowest BCUT2D eigenvalue weighted by Gasteiger charge is -2.06. The highest BCUT2D eigenvalue weighted by Gasteiger charge is 1.99. The van der Waals surface area contributed by atoms with Crippen molar-refractivity contribution in [2.24, 2.45) is 10.7 Å². The van der Waals surface area contributed by atoms with Crippen molar-refractivity contribution >= 4 is 21.7 Å². The molecule has 1 aromatic rings. The third-order valence-electron chi connectivity index (χ3n) is 2.39. The van der Waals surface area contributed by atoms with Gasteiger partial charge < -0.3 is 11.1 Å². The monoisotopic (exact) mass is 284 g/mol. The molecule has 0 saturated carbocycles. The second-order valence-corrected chi connectivity index (χ2v) is 5.94. The molecule has 0 aliphatic heterocycles. The van der Waals surface area contributed by atoms with Crippen LogP contribution in [0.3, 0.4) is 0 Å². The first-order chi connectivity index (χ1) is 8.90. The fourth-order valence-corrected chi connectivity index (χ4v) is 1.88. The summed E-state index contributed by atoms with van der Waals surface area (Å²) in [4.78, 5) is 4.02. The molecule has 0 fully saturated rings. The number of hydrogen-bond acceptors (Lipinski definition) is 3. The number of sulfonamides is 1. The van der Waals surface area contributed by atoms with Crippen LogP contribution in [0.1, 0.15) is 12.5 Å². The van der Waals surface area contributed by atoms with E-state index in [1.807, 2.05) is 24.3 Å². The van der Waals surface area contributed by atoms with Crippen LogP contribution < -0.4 is 15.8 Å². The second kappa shape index (κ2) is 7.10. The zero-order valence-corrected chi connectivity index (χ0v) is 12.0. The summed E-state index contributed by atoms with van der Waals surface area (Å²) in [7, 11) is -3.17. The van der Waals surface area contributed by atoms with Crippen LogP contribution in [-0.4, -0.2) is 33.7 Å². The number of nitrogens with two attached hydrogens (primary N) is 1. The molecule has 19 heavy (non-hydrogen) atoms. The maximum atomic E-state index is 10.8. The molecule has 0 aromatic heterocycles. The van der Waals surface area contributed by atoms with Gasteiger partial charge in [0.15, 0.2) is 5.96 Å². The summed E-state index contributed by atoms with van der Waals surface area (Å²) in [6.45, 7) is 2.61. The normalized spacial score (nSPS) is 12.4. The van der Waals surface area contributed by atoms with Crippen molar-refractivity contribution in [2.75, 3.05) is 24.7 Å². The number of aliphatic imine (C=N–C) groups is 1. The van der Waals surface area contributed by atoms with Gasteiger partial charge >= 0.3 is 0 Å². The summed E-state index contributed by atoms with van der Waals surface area (Å²) >= 11 is 0. The second-order valence-electron chi connectivity index (χ2n) is 4.11. The third-order valence-corrected chi connectivity index (χ3v) is 3.12. The minimum absolute atomic E-state index is 0.232. The van der Waals surface area contributed by atoms with Crippen molar-refractivity contribution in [3.8, 4) is 0 Å². The summed E-state index contributed by atoms with van der Waals surface area (Å²) < 4.78 is 24.0. The van der Waals surface area contributed by atoms with Gasteiger partial charge in [-0.15, -0.1) is 0 Å². The van der Waals surface area contributed by atoms with Gasteiger partial charge in [0.05, 0.1) is 12.8 Å². The molecule has 1 aromatic carbocycles. The maximum absolute atomic E-state index is 10.8. The predicted molar refractivity (Wildman–Crippen MR) is 78.8 cm³/mol. The van der Waals surface area contributed by atoms with Crippen LogP contribution in [0.25, 0.3) is 0 Å². The molecule has 0 atom stereocenters. The Morgan fingerprint density at radius 2 is 1.95 bits per heavy atom. The number of nitrogens with one attached hydrogen (secondary N) is 2. The number of nitrogens with zero attached hydrogens (tertiary/aromatic N) is 1. The molecule has 0 aliphatic carbocycles. The van der Waals surface area contributed by atoms with Gasteiger partial charge in [-0.2, -0.15) is 0 Å². The van der Waals surface area contributed by atoms with E-state index in [0.29, 0.717) is 6.54 Å². The Bertz CT molecular complexity index is 523. The molecule has 6 nitrogen and oxygen atoms in total. The first-order valence-corrected chi connectivity index (χ1v) is 7.90. The van der Waals surface area contributed by atoms with Gasteiger partial charge in [-0.3, -0.25) is 4.99 Å². The van der Waals surface area contributed by atoms with Crippen LogP contribution in [0, 0.1) is 0 Å². The molecule has 0 saturated heterocycles. The number of hydrogen-bond donors (Lipinski definition) is 3. The van der Waals surface area contributed by atoms with Crippen molar-refractivity contribution < 1.29 is 8.42 Å². The van der Waals surface area contributed by atoms with E-state index in [0.717, 1.165) is 18.4 Å². The average Bonchev–Trinajstić information content (AvgIpc) is 2.34. The Balaban J connectivity index is 2.42. The number of rotatable bonds is 6. The Morgan fingerprint density at radius 1 is 1.32 bits per heavy atom. The zero-order valence-electron chi connectivity index (χ0n) is 11.2. The summed E-state index contributed by atoms with van der Waals surface area (Å²) in [6, 6.07) is 7.88. The molecule has 4 N–H and O–H groups in total. The van der Waals surface area contributed by atoms with E-state index in [-0.39, 0.29) is 12.5 Å². The molecule has 0 spiro atoms. The highest BCUT2D eigenvalue weighted by Crippen LogP contribution is 2.09. The molecule has 0 heterocycles. The van der Waals surface area contributed by atoms with Gasteiger partial charge in [-0.05, 0) is 24.1 Å². The summed E-state index contributed by atoms with van der Waals surface area (Å²) in [5, 5.41) is 2.94. The van der Waals surface area contributed by atoms with Crippen LogP contribution >= 0.6 is 0 Å². The smallest absolute Gasteiger partial charge is 0.208 e. The quantitative estimate of drug-likeness (QED) is 0.403. The molecule has 0 aliphatic rings. The maximum Gasteiger partial charge on any atom is 0.208 e. The average molecular weight is 284 g/mol. The summed E-state index contributed by atoms with van der Waals surface area (Å²) in [6.07, 6.45) is 2.09. The van der Waals surface area contributed by atoms with Gasteiger partial charge in [0, 0.05) is 12.2 Å². The summed E-state index contributed by atoms with van der Waals surface area (Å²) in [5.74, 6) is 0.263. The van der Waals surface area contributed by atoms with E-state index in [4.69, 9.17) is 5.73 Å². The van der Waals surface area contributed by atoms with E-state index in [9.17, 15) is 8.42 Å². The number of aryl methyl sites for hydroxylation is 1. The molecule has 106 valence electrons. The topological polar surface area (TPSA) is 96.6 Å². The Kier molecular flexibility index (Phi) is 5.78. The van der Waals surface area contributed by atoms with Crippen molar-refractivity contribution in [3.63, 3.8) is 0 Å². The highest BCUT2D eigenvalue weighted by atomic mass is 32.2. The van der Waals surface area contributed by atoms with E-state index >= 15 is 0 Å². The molecule has 1 rings (SSSR count). The molecular formula is C12H20N4O2S. The molecule has 7 heteroatoms. The van der Waals surface area contributed by atoms with Crippen LogP contribution in [-0.2, 0) is 16.4 Å². The third kappa shape index (κ3) is 6.78. The minimum atomic E-state index is -3.17. The van der Waals surface area contributed by atoms with Crippen molar-refractivity contribution in [3.05, 3.63) is 29.8 Å². The fraction of sp³-hybridized carbons (Fsp3) is 0.417. The minimum Gasteiger partial charge on any atom is -0.370 e. The highest BCUT2D eigenvalue weighted by molar-refractivity contribution is 7.88. The van der Waals surface area contributed by atoms with Crippen LogP contribution in [0.4, 0.5) is 5.69 Å². The fourth-order valence-electron chi connectivity index (χ4n) is 1.42. The number of guanidine groups is 1. The Labute approximate surface area is 114 Å². The molecule has 0 amide bonds. The Morgan fingerprint density at radius 3 is 2.47 bits per heavy atom. The van der Waals surface area contributed by atoms with Crippen molar-refractivity contribution in [2.45, 2.75) is 13.3 Å². The lowest BCUT2D eigenvalue weighted by Crippen LogP contribution is -2.27. The lowest BCUT2D eigenvalue weighted by atomic mass is 10.1.